The van der Waals surface area contributed by atoms with Gasteiger partial charge in [-0.05, 0) is 58.7 Å². The summed E-state index contributed by atoms with van der Waals surface area (Å²) in [4.78, 5) is 27.1. The number of hydrogen-bond donors (Lipinski definition) is 0. The van der Waals surface area contributed by atoms with Crippen molar-refractivity contribution in [1.29, 1.82) is 0 Å². The lowest BCUT2D eigenvalue weighted by Gasteiger charge is -2.26. The maximum atomic E-state index is 12.7. The van der Waals surface area contributed by atoms with Crippen LogP contribution in [-0.4, -0.2) is 28.5 Å². The van der Waals surface area contributed by atoms with Gasteiger partial charge in [-0.3, -0.25) is 14.2 Å². The van der Waals surface area contributed by atoms with E-state index in [-0.39, 0.29) is 11.5 Å². The molecule has 4 nitrogen and oxygen atoms in total. The molecular formula is C19H26N2O2. The molecule has 2 rings (SSSR count). The summed E-state index contributed by atoms with van der Waals surface area (Å²) >= 11 is 0. The van der Waals surface area contributed by atoms with Crippen molar-refractivity contribution >= 4 is 16.8 Å². The molecule has 1 atom stereocenters. The molecule has 0 aliphatic carbocycles. The summed E-state index contributed by atoms with van der Waals surface area (Å²) in [6.07, 6.45) is 0. The lowest BCUT2D eigenvalue weighted by Crippen LogP contribution is -2.39. The number of carbonyl (C=O) groups is 1. The summed E-state index contributed by atoms with van der Waals surface area (Å²) in [5, 5.41) is 1.04. The Balaban J connectivity index is 2.74. The van der Waals surface area contributed by atoms with Crippen molar-refractivity contribution in [1.82, 2.24) is 9.47 Å². The van der Waals surface area contributed by atoms with Crippen molar-refractivity contribution in [2.45, 2.75) is 47.6 Å². The molecule has 23 heavy (non-hydrogen) atoms. The molecule has 0 fully saturated rings. The molecule has 2 aromatic rings. The monoisotopic (exact) mass is 314 g/mol. The van der Waals surface area contributed by atoms with Crippen molar-refractivity contribution < 1.29 is 4.79 Å². The minimum absolute atomic E-state index is 0.0118. The van der Waals surface area contributed by atoms with Crippen LogP contribution in [-0.2, 0) is 4.79 Å². The summed E-state index contributed by atoms with van der Waals surface area (Å²) in [5.41, 5.74) is 3.89. The van der Waals surface area contributed by atoms with E-state index in [1.165, 1.54) is 0 Å². The van der Waals surface area contributed by atoms with Crippen LogP contribution in [0.4, 0.5) is 0 Å². The number of rotatable bonds is 4. The van der Waals surface area contributed by atoms with Crippen LogP contribution in [0.3, 0.4) is 0 Å². The molecule has 0 aliphatic rings. The van der Waals surface area contributed by atoms with E-state index in [1.54, 1.807) is 15.5 Å². The average molecular weight is 314 g/mol. The van der Waals surface area contributed by atoms with Gasteiger partial charge in [0, 0.05) is 24.5 Å². The highest BCUT2D eigenvalue weighted by Crippen LogP contribution is 2.25. The van der Waals surface area contributed by atoms with Crippen molar-refractivity contribution in [3.8, 4) is 0 Å². The van der Waals surface area contributed by atoms with E-state index in [0.717, 1.165) is 27.6 Å². The van der Waals surface area contributed by atoms with E-state index in [1.807, 2.05) is 41.5 Å². The molecule has 0 radical (unpaired) electrons. The van der Waals surface area contributed by atoms with Crippen LogP contribution in [0.1, 0.15) is 43.5 Å². The highest BCUT2D eigenvalue weighted by atomic mass is 16.2. The van der Waals surface area contributed by atoms with E-state index in [2.05, 4.69) is 12.1 Å². The van der Waals surface area contributed by atoms with Gasteiger partial charge in [0.1, 0.15) is 6.04 Å². The fourth-order valence-electron chi connectivity index (χ4n) is 3.32. The number of carbonyl (C=O) groups excluding carboxylic acids is 1. The Morgan fingerprint density at radius 3 is 2.26 bits per heavy atom. The van der Waals surface area contributed by atoms with Crippen molar-refractivity contribution in [3.63, 3.8) is 0 Å². The third-order valence-electron chi connectivity index (χ3n) is 4.51. The van der Waals surface area contributed by atoms with Gasteiger partial charge in [0.2, 0.25) is 5.91 Å². The first-order chi connectivity index (χ1) is 10.8. The summed E-state index contributed by atoms with van der Waals surface area (Å²) in [7, 11) is 0. The van der Waals surface area contributed by atoms with Gasteiger partial charge in [-0.1, -0.05) is 11.6 Å². The Morgan fingerprint density at radius 2 is 1.70 bits per heavy atom. The SMILES string of the molecule is CCN(CC)C(=O)C(C)n1c(=O)cc(C)c2cc(C)cc(C)c21. The van der Waals surface area contributed by atoms with Crippen molar-refractivity contribution in [2.75, 3.05) is 13.1 Å². The zero-order valence-corrected chi connectivity index (χ0v) is 14.9. The van der Waals surface area contributed by atoms with Crippen LogP contribution >= 0.6 is 0 Å². The predicted molar refractivity (Wildman–Crippen MR) is 95.1 cm³/mol. The maximum Gasteiger partial charge on any atom is 0.252 e. The molecule has 0 aliphatic heterocycles. The Hall–Kier alpha value is -2.10. The normalized spacial score (nSPS) is 12.4. The Morgan fingerprint density at radius 1 is 1.09 bits per heavy atom. The van der Waals surface area contributed by atoms with Gasteiger partial charge < -0.3 is 4.90 Å². The third kappa shape index (κ3) is 3.03. The van der Waals surface area contributed by atoms with Crippen LogP contribution in [0.15, 0.2) is 23.0 Å². The van der Waals surface area contributed by atoms with Gasteiger partial charge in [0.05, 0.1) is 5.52 Å². The third-order valence-corrected chi connectivity index (χ3v) is 4.51. The molecular weight excluding hydrogens is 288 g/mol. The number of nitrogens with zero attached hydrogens (tertiary/aromatic N) is 2. The smallest absolute Gasteiger partial charge is 0.252 e. The Labute approximate surface area is 137 Å². The van der Waals surface area contributed by atoms with Gasteiger partial charge in [0.15, 0.2) is 0 Å². The highest BCUT2D eigenvalue weighted by molar-refractivity contribution is 5.88. The van der Waals surface area contributed by atoms with Crippen LogP contribution < -0.4 is 5.56 Å². The second-order valence-electron chi connectivity index (χ2n) is 6.20. The minimum Gasteiger partial charge on any atom is -0.341 e. The largest absolute Gasteiger partial charge is 0.341 e. The number of likely N-dealkylation sites (N-methyl/N-ethyl adjacent to an activating group) is 1. The number of aryl methyl sites for hydroxylation is 3. The predicted octanol–water partition coefficient (Wildman–Crippen LogP) is 3.36. The standard InChI is InChI=1S/C19H26N2O2/c1-7-20(8-2)19(23)15(6)21-17(22)11-13(4)16-10-12(3)9-14(5)18(16)21/h9-11,15H,7-8H2,1-6H3. The van der Waals surface area contributed by atoms with Crippen molar-refractivity contribution in [2.24, 2.45) is 0 Å². The Bertz CT molecular complexity index is 801. The van der Waals surface area contributed by atoms with Crippen LogP contribution in [0, 0.1) is 20.8 Å². The molecule has 0 saturated carbocycles. The van der Waals surface area contributed by atoms with Gasteiger partial charge in [0.25, 0.3) is 5.56 Å². The number of aromatic nitrogens is 1. The molecule has 0 bridgehead atoms. The van der Waals surface area contributed by atoms with Crippen molar-refractivity contribution in [3.05, 3.63) is 45.2 Å². The zero-order chi connectivity index (χ0) is 17.3. The van der Waals surface area contributed by atoms with Gasteiger partial charge in [-0.2, -0.15) is 0 Å². The molecule has 1 amide bonds. The van der Waals surface area contributed by atoms with E-state index >= 15 is 0 Å². The van der Waals surface area contributed by atoms with Crippen LogP contribution in [0.5, 0.6) is 0 Å². The number of benzene rings is 1. The van der Waals surface area contributed by atoms with Crippen LogP contribution in [0.25, 0.3) is 10.9 Å². The Kier molecular flexibility index (Phi) is 4.93. The molecule has 0 N–H and O–H groups in total. The molecule has 0 saturated heterocycles. The lowest BCUT2D eigenvalue weighted by molar-refractivity contribution is -0.133. The molecule has 0 spiro atoms. The maximum absolute atomic E-state index is 12.7. The lowest BCUT2D eigenvalue weighted by atomic mass is 10.0. The second-order valence-corrected chi connectivity index (χ2v) is 6.20. The van der Waals surface area contributed by atoms with Gasteiger partial charge >= 0.3 is 0 Å². The first-order valence-corrected chi connectivity index (χ1v) is 8.23. The quantitative estimate of drug-likeness (QED) is 0.868. The number of hydrogen-bond acceptors (Lipinski definition) is 2. The summed E-state index contributed by atoms with van der Waals surface area (Å²) in [5.74, 6) is -0.0118. The van der Waals surface area contributed by atoms with Crippen LogP contribution in [0.2, 0.25) is 0 Å². The van der Waals surface area contributed by atoms with E-state index < -0.39 is 6.04 Å². The van der Waals surface area contributed by atoms with E-state index in [4.69, 9.17) is 0 Å². The molecule has 1 unspecified atom stereocenters. The second kappa shape index (κ2) is 6.57. The van der Waals surface area contributed by atoms with Gasteiger partial charge in [-0.25, -0.2) is 0 Å². The van der Waals surface area contributed by atoms with Gasteiger partial charge in [-0.15, -0.1) is 0 Å². The zero-order valence-electron chi connectivity index (χ0n) is 14.9. The molecule has 124 valence electrons. The first kappa shape index (κ1) is 17.3. The summed E-state index contributed by atoms with van der Waals surface area (Å²) in [6, 6.07) is 5.27. The highest BCUT2D eigenvalue weighted by Gasteiger charge is 2.23. The first-order valence-electron chi connectivity index (χ1n) is 8.23. The fraction of sp³-hybridized carbons (Fsp3) is 0.474. The molecule has 4 heteroatoms. The fourth-order valence-corrected chi connectivity index (χ4v) is 3.32. The molecule has 1 aromatic carbocycles. The minimum atomic E-state index is -0.507. The van der Waals surface area contributed by atoms with E-state index in [0.29, 0.717) is 13.1 Å². The summed E-state index contributed by atoms with van der Waals surface area (Å²) in [6.45, 7) is 13.0. The topological polar surface area (TPSA) is 42.3 Å². The number of pyridine rings is 1. The number of fused-ring (bicyclic) bond motifs is 1. The number of amides is 1. The molecule has 1 heterocycles. The summed E-state index contributed by atoms with van der Waals surface area (Å²) < 4.78 is 1.65. The van der Waals surface area contributed by atoms with E-state index in [9.17, 15) is 9.59 Å². The average Bonchev–Trinajstić information content (AvgIpc) is 2.49. The molecule has 1 aromatic heterocycles.